The molecule has 2 aromatic carbocycles. The summed E-state index contributed by atoms with van der Waals surface area (Å²) >= 11 is 0. The number of phenols is 1. The Hall–Kier alpha value is -3.55. The van der Waals surface area contributed by atoms with E-state index in [9.17, 15) is 19.5 Å². The standard InChI is InChI=1S/C19H20N2O6/c22-15-8-6-13(7-9-15)10-16(18(25)20-11-17(23)24)21-19(26)27-12-14-4-2-1-3-5-14/h1-9,16,22H,10-12H2,(H,20,25)(H,21,26)(H,23,24). The molecule has 0 bridgehead atoms. The number of carboxylic acid groups (broad SMARTS) is 1. The van der Waals surface area contributed by atoms with Crippen molar-refractivity contribution in [1.29, 1.82) is 0 Å². The number of alkyl carbamates (subject to hydrolysis) is 1. The molecule has 27 heavy (non-hydrogen) atoms. The van der Waals surface area contributed by atoms with E-state index in [4.69, 9.17) is 9.84 Å². The van der Waals surface area contributed by atoms with E-state index in [1.54, 1.807) is 24.3 Å². The normalized spacial score (nSPS) is 11.3. The Morgan fingerprint density at radius 2 is 1.63 bits per heavy atom. The zero-order valence-electron chi connectivity index (χ0n) is 14.4. The third kappa shape index (κ3) is 7.07. The van der Waals surface area contributed by atoms with E-state index in [1.807, 2.05) is 18.2 Å². The topological polar surface area (TPSA) is 125 Å². The highest BCUT2D eigenvalue weighted by molar-refractivity contribution is 5.88. The largest absolute Gasteiger partial charge is 0.508 e. The van der Waals surface area contributed by atoms with Gasteiger partial charge in [0.1, 0.15) is 24.9 Å². The average Bonchev–Trinajstić information content (AvgIpc) is 2.66. The van der Waals surface area contributed by atoms with E-state index in [1.165, 1.54) is 12.1 Å². The second kappa shape index (κ2) is 9.81. The van der Waals surface area contributed by atoms with Crippen LogP contribution in [0.4, 0.5) is 4.79 Å². The number of ether oxygens (including phenoxy) is 1. The number of aliphatic carboxylic acids is 1. The van der Waals surface area contributed by atoms with Crippen molar-refractivity contribution in [3.8, 4) is 5.75 Å². The van der Waals surface area contributed by atoms with Crippen LogP contribution in [-0.2, 0) is 27.4 Å². The summed E-state index contributed by atoms with van der Waals surface area (Å²) in [4.78, 5) is 34.9. The number of carboxylic acids is 1. The monoisotopic (exact) mass is 372 g/mol. The number of hydrogen-bond donors (Lipinski definition) is 4. The highest BCUT2D eigenvalue weighted by atomic mass is 16.5. The van der Waals surface area contributed by atoms with Crippen LogP contribution in [0.3, 0.4) is 0 Å². The van der Waals surface area contributed by atoms with Crippen LogP contribution < -0.4 is 10.6 Å². The fourth-order valence-corrected chi connectivity index (χ4v) is 2.27. The van der Waals surface area contributed by atoms with Gasteiger partial charge in [-0.25, -0.2) is 4.79 Å². The first-order valence-corrected chi connectivity index (χ1v) is 8.18. The van der Waals surface area contributed by atoms with Crippen LogP contribution in [0, 0.1) is 0 Å². The van der Waals surface area contributed by atoms with Crippen molar-refractivity contribution in [3.05, 3.63) is 65.7 Å². The Balaban J connectivity index is 1.99. The van der Waals surface area contributed by atoms with Crippen molar-refractivity contribution in [2.75, 3.05) is 6.54 Å². The van der Waals surface area contributed by atoms with Crippen molar-refractivity contribution < 1.29 is 29.3 Å². The molecule has 0 aliphatic heterocycles. The summed E-state index contributed by atoms with van der Waals surface area (Å²) in [5.41, 5.74) is 1.46. The third-order valence-corrected chi connectivity index (χ3v) is 3.61. The van der Waals surface area contributed by atoms with E-state index < -0.39 is 30.6 Å². The van der Waals surface area contributed by atoms with Crippen LogP contribution in [-0.4, -0.2) is 40.8 Å². The fraction of sp³-hybridized carbons (Fsp3) is 0.211. The second-order valence-electron chi connectivity index (χ2n) is 5.74. The molecule has 142 valence electrons. The van der Waals surface area contributed by atoms with Crippen LogP contribution >= 0.6 is 0 Å². The van der Waals surface area contributed by atoms with Crippen LogP contribution in [0.15, 0.2) is 54.6 Å². The molecule has 2 amide bonds. The molecule has 0 aromatic heterocycles. The molecule has 0 saturated carbocycles. The summed E-state index contributed by atoms with van der Waals surface area (Å²) < 4.78 is 5.10. The van der Waals surface area contributed by atoms with Crippen molar-refractivity contribution in [2.24, 2.45) is 0 Å². The number of rotatable bonds is 8. The van der Waals surface area contributed by atoms with E-state index in [-0.39, 0.29) is 18.8 Å². The zero-order chi connectivity index (χ0) is 19.6. The van der Waals surface area contributed by atoms with Crippen molar-refractivity contribution in [1.82, 2.24) is 10.6 Å². The lowest BCUT2D eigenvalue weighted by atomic mass is 10.1. The molecule has 8 heteroatoms. The van der Waals surface area contributed by atoms with Crippen LogP contribution in [0.1, 0.15) is 11.1 Å². The number of carbonyl (C=O) groups excluding carboxylic acids is 2. The first-order chi connectivity index (χ1) is 12.9. The van der Waals surface area contributed by atoms with Gasteiger partial charge < -0.3 is 25.6 Å². The molecule has 0 aliphatic carbocycles. The van der Waals surface area contributed by atoms with Gasteiger partial charge in [0, 0.05) is 6.42 Å². The van der Waals surface area contributed by atoms with E-state index in [0.29, 0.717) is 5.56 Å². The summed E-state index contributed by atoms with van der Waals surface area (Å²) in [6, 6.07) is 14.1. The molecule has 4 N–H and O–H groups in total. The molecule has 2 aromatic rings. The molecular formula is C19H20N2O6. The van der Waals surface area contributed by atoms with Crippen molar-refractivity contribution >= 4 is 18.0 Å². The van der Waals surface area contributed by atoms with Crippen LogP contribution in [0.25, 0.3) is 0 Å². The summed E-state index contributed by atoms with van der Waals surface area (Å²) in [6.45, 7) is -0.527. The quantitative estimate of drug-likeness (QED) is 0.556. The van der Waals surface area contributed by atoms with Gasteiger partial charge in [0.2, 0.25) is 5.91 Å². The van der Waals surface area contributed by atoms with E-state index >= 15 is 0 Å². The van der Waals surface area contributed by atoms with Gasteiger partial charge in [-0.15, -0.1) is 0 Å². The highest BCUT2D eigenvalue weighted by Gasteiger charge is 2.22. The lowest BCUT2D eigenvalue weighted by Crippen LogP contribution is -2.49. The number of phenolic OH excluding ortho intramolecular Hbond substituents is 1. The molecule has 0 spiro atoms. The summed E-state index contributed by atoms with van der Waals surface area (Å²) in [6.07, 6.45) is -0.695. The Labute approximate surface area is 155 Å². The predicted molar refractivity (Wildman–Crippen MR) is 96.0 cm³/mol. The summed E-state index contributed by atoms with van der Waals surface area (Å²) in [5.74, 6) is -1.78. The van der Waals surface area contributed by atoms with Gasteiger partial charge in [-0.3, -0.25) is 9.59 Å². The van der Waals surface area contributed by atoms with Crippen molar-refractivity contribution in [3.63, 3.8) is 0 Å². The van der Waals surface area contributed by atoms with Crippen molar-refractivity contribution in [2.45, 2.75) is 19.1 Å². The maximum absolute atomic E-state index is 12.2. The Morgan fingerprint density at radius 3 is 2.26 bits per heavy atom. The minimum absolute atomic E-state index is 0.0371. The molecule has 0 fully saturated rings. The van der Waals surface area contributed by atoms with Gasteiger partial charge in [0.25, 0.3) is 0 Å². The van der Waals surface area contributed by atoms with E-state index in [0.717, 1.165) is 5.56 Å². The molecule has 0 saturated heterocycles. The molecule has 2 rings (SSSR count). The molecule has 0 heterocycles. The molecule has 8 nitrogen and oxygen atoms in total. The van der Waals surface area contributed by atoms with Gasteiger partial charge in [-0.05, 0) is 23.3 Å². The first kappa shape index (κ1) is 19.8. The van der Waals surface area contributed by atoms with Crippen LogP contribution in [0.5, 0.6) is 5.75 Å². The molecular weight excluding hydrogens is 352 g/mol. The number of amides is 2. The van der Waals surface area contributed by atoms with E-state index in [2.05, 4.69) is 10.6 Å². The number of carbonyl (C=O) groups is 3. The maximum atomic E-state index is 12.2. The number of benzene rings is 2. The Kier molecular flexibility index (Phi) is 7.18. The van der Waals surface area contributed by atoms with Gasteiger partial charge >= 0.3 is 12.1 Å². The van der Waals surface area contributed by atoms with Crippen LogP contribution in [0.2, 0.25) is 0 Å². The SMILES string of the molecule is O=C(O)CNC(=O)C(Cc1ccc(O)cc1)NC(=O)OCc1ccccc1. The fourth-order valence-electron chi connectivity index (χ4n) is 2.27. The van der Waals surface area contributed by atoms with Gasteiger partial charge in [0.05, 0.1) is 0 Å². The number of hydrogen-bond acceptors (Lipinski definition) is 5. The summed E-state index contributed by atoms with van der Waals surface area (Å²) in [5, 5.41) is 22.7. The minimum Gasteiger partial charge on any atom is -0.508 e. The lowest BCUT2D eigenvalue weighted by Gasteiger charge is -2.18. The molecule has 0 aliphatic rings. The zero-order valence-corrected chi connectivity index (χ0v) is 14.4. The predicted octanol–water partition coefficient (Wildman–Crippen LogP) is 1.43. The lowest BCUT2D eigenvalue weighted by molar-refractivity contribution is -0.138. The van der Waals surface area contributed by atoms with Gasteiger partial charge in [0.15, 0.2) is 0 Å². The first-order valence-electron chi connectivity index (χ1n) is 8.18. The Bertz CT molecular complexity index is 777. The smallest absolute Gasteiger partial charge is 0.408 e. The average molecular weight is 372 g/mol. The van der Waals surface area contributed by atoms with Gasteiger partial charge in [-0.1, -0.05) is 42.5 Å². The molecule has 1 unspecified atom stereocenters. The number of nitrogens with one attached hydrogen (secondary N) is 2. The van der Waals surface area contributed by atoms with Gasteiger partial charge in [-0.2, -0.15) is 0 Å². The summed E-state index contributed by atoms with van der Waals surface area (Å²) in [7, 11) is 0. The molecule has 0 radical (unpaired) electrons. The maximum Gasteiger partial charge on any atom is 0.408 e. The highest BCUT2D eigenvalue weighted by Crippen LogP contribution is 2.11. The third-order valence-electron chi connectivity index (χ3n) is 3.61. The Morgan fingerprint density at radius 1 is 0.963 bits per heavy atom. The second-order valence-corrected chi connectivity index (χ2v) is 5.74. The number of aromatic hydroxyl groups is 1. The molecule has 1 atom stereocenters. The minimum atomic E-state index is -1.20.